The zero-order chi connectivity index (χ0) is 15.4. The topological polar surface area (TPSA) is 65.7 Å². The van der Waals surface area contributed by atoms with Crippen molar-refractivity contribution in [3.63, 3.8) is 0 Å². The van der Waals surface area contributed by atoms with Crippen LogP contribution in [-0.2, 0) is 6.54 Å². The van der Waals surface area contributed by atoms with Gasteiger partial charge in [-0.25, -0.2) is 4.98 Å². The molecule has 6 heteroatoms. The van der Waals surface area contributed by atoms with Crippen molar-refractivity contribution in [2.45, 2.75) is 19.6 Å². The molecule has 1 heterocycles. The minimum Gasteiger partial charge on any atom is -0.493 e. The molecule has 0 fully saturated rings. The maximum atomic E-state index is 10.6. The molecule has 0 aliphatic rings. The van der Waals surface area contributed by atoms with Gasteiger partial charge in [-0.3, -0.25) is 0 Å². The number of aryl methyl sites for hydroxylation is 1. The Morgan fingerprint density at radius 1 is 1.14 bits per heavy atom. The third kappa shape index (κ3) is 2.80. The lowest BCUT2D eigenvalue weighted by Crippen LogP contribution is -2.09. The average Bonchev–Trinajstić information content (AvgIpc) is 3.01. The van der Waals surface area contributed by atoms with E-state index in [0.29, 0.717) is 28.6 Å². The van der Waals surface area contributed by atoms with Crippen LogP contribution in [0.1, 0.15) is 24.4 Å². The zero-order valence-corrected chi connectivity index (χ0v) is 12.7. The number of methoxy groups -OCH3 is 3. The van der Waals surface area contributed by atoms with Crippen LogP contribution in [0.5, 0.6) is 17.2 Å². The largest absolute Gasteiger partial charge is 0.493 e. The lowest BCUT2D eigenvalue weighted by atomic mass is 10.1. The normalized spacial score (nSPS) is 12.0. The summed E-state index contributed by atoms with van der Waals surface area (Å²) >= 11 is 0. The second-order valence-corrected chi connectivity index (χ2v) is 4.43. The quantitative estimate of drug-likeness (QED) is 0.882. The molecule has 1 aromatic carbocycles. The first-order chi connectivity index (χ1) is 10.2. The summed E-state index contributed by atoms with van der Waals surface area (Å²) in [6.07, 6.45) is 2.63. The van der Waals surface area contributed by atoms with Gasteiger partial charge in [0.25, 0.3) is 0 Å². The number of aromatic nitrogens is 2. The minimum absolute atomic E-state index is 0.495. The van der Waals surface area contributed by atoms with Crippen molar-refractivity contribution < 1.29 is 19.3 Å². The summed E-state index contributed by atoms with van der Waals surface area (Å²) < 4.78 is 17.8. The summed E-state index contributed by atoms with van der Waals surface area (Å²) in [5.74, 6) is 2.07. The highest BCUT2D eigenvalue weighted by molar-refractivity contribution is 5.54. The number of benzene rings is 1. The van der Waals surface area contributed by atoms with Gasteiger partial charge in [0.2, 0.25) is 5.75 Å². The number of ether oxygens (including phenoxy) is 3. The van der Waals surface area contributed by atoms with Gasteiger partial charge < -0.3 is 23.9 Å². The Labute approximate surface area is 123 Å². The molecule has 0 radical (unpaired) electrons. The van der Waals surface area contributed by atoms with Crippen molar-refractivity contribution in [1.29, 1.82) is 0 Å². The molecule has 0 saturated carbocycles. The van der Waals surface area contributed by atoms with E-state index in [-0.39, 0.29) is 0 Å². The van der Waals surface area contributed by atoms with Crippen molar-refractivity contribution >= 4 is 0 Å². The Balaban J connectivity index is 2.48. The molecule has 0 amide bonds. The molecule has 1 aromatic heterocycles. The third-order valence-corrected chi connectivity index (χ3v) is 3.34. The molecule has 6 nitrogen and oxygen atoms in total. The molecule has 0 bridgehead atoms. The molecular weight excluding hydrogens is 272 g/mol. The molecule has 2 rings (SSSR count). The van der Waals surface area contributed by atoms with Gasteiger partial charge in [0.15, 0.2) is 11.5 Å². The van der Waals surface area contributed by atoms with Gasteiger partial charge in [0, 0.05) is 18.9 Å². The van der Waals surface area contributed by atoms with Crippen LogP contribution in [0.4, 0.5) is 0 Å². The highest BCUT2D eigenvalue weighted by atomic mass is 16.5. The van der Waals surface area contributed by atoms with E-state index in [0.717, 1.165) is 6.54 Å². The molecule has 114 valence electrons. The fourth-order valence-corrected chi connectivity index (χ4v) is 2.24. The lowest BCUT2D eigenvalue weighted by Gasteiger charge is -2.17. The minimum atomic E-state index is -0.867. The number of rotatable bonds is 6. The van der Waals surface area contributed by atoms with E-state index >= 15 is 0 Å². The van der Waals surface area contributed by atoms with Crippen molar-refractivity contribution in [2.24, 2.45) is 0 Å². The first kappa shape index (κ1) is 15.2. The van der Waals surface area contributed by atoms with Gasteiger partial charge in [-0.2, -0.15) is 0 Å². The predicted molar refractivity (Wildman–Crippen MR) is 78.1 cm³/mol. The van der Waals surface area contributed by atoms with Crippen molar-refractivity contribution in [3.05, 3.63) is 35.9 Å². The van der Waals surface area contributed by atoms with E-state index in [4.69, 9.17) is 14.2 Å². The van der Waals surface area contributed by atoms with Gasteiger partial charge in [-0.05, 0) is 24.6 Å². The number of hydrogen-bond donors (Lipinski definition) is 1. The van der Waals surface area contributed by atoms with Crippen LogP contribution in [0.3, 0.4) is 0 Å². The Kier molecular flexibility index (Phi) is 4.70. The van der Waals surface area contributed by atoms with Crippen LogP contribution in [-0.4, -0.2) is 36.0 Å². The van der Waals surface area contributed by atoms with Crippen LogP contribution in [0, 0.1) is 0 Å². The molecule has 0 aliphatic heterocycles. The number of aliphatic hydroxyl groups excluding tert-OH is 1. The molecular formula is C15H20N2O4. The molecule has 1 unspecified atom stereocenters. The van der Waals surface area contributed by atoms with E-state index in [1.54, 1.807) is 39.7 Å². The van der Waals surface area contributed by atoms with Gasteiger partial charge in [0.05, 0.1) is 21.3 Å². The summed E-state index contributed by atoms with van der Waals surface area (Å²) in [4.78, 5) is 4.22. The van der Waals surface area contributed by atoms with Crippen LogP contribution >= 0.6 is 0 Å². The summed E-state index contributed by atoms with van der Waals surface area (Å²) in [5, 5.41) is 10.6. The van der Waals surface area contributed by atoms with Crippen LogP contribution in [0.25, 0.3) is 0 Å². The summed E-state index contributed by atoms with van der Waals surface area (Å²) in [5.41, 5.74) is 0.630. The standard InChI is InChI=1S/C15H20N2O4/c1-5-17-7-6-16-15(17)13(18)10-8-11(19-2)14(21-4)12(9-10)20-3/h6-9,13,18H,5H2,1-4H3. The molecule has 0 spiro atoms. The van der Waals surface area contributed by atoms with Crippen LogP contribution in [0.15, 0.2) is 24.5 Å². The van der Waals surface area contributed by atoms with E-state index in [1.807, 2.05) is 17.7 Å². The molecule has 1 atom stereocenters. The number of aliphatic hydroxyl groups is 1. The first-order valence-electron chi connectivity index (χ1n) is 6.65. The van der Waals surface area contributed by atoms with Crippen molar-refractivity contribution in [2.75, 3.05) is 21.3 Å². The summed E-state index contributed by atoms with van der Waals surface area (Å²) in [7, 11) is 4.63. The smallest absolute Gasteiger partial charge is 0.203 e. The average molecular weight is 292 g/mol. The first-order valence-corrected chi connectivity index (χ1v) is 6.65. The molecule has 21 heavy (non-hydrogen) atoms. The second-order valence-electron chi connectivity index (χ2n) is 4.43. The monoisotopic (exact) mass is 292 g/mol. The molecule has 2 aromatic rings. The highest BCUT2D eigenvalue weighted by Gasteiger charge is 2.21. The summed E-state index contributed by atoms with van der Waals surface area (Å²) in [6.45, 7) is 2.73. The number of imidazole rings is 1. The third-order valence-electron chi connectivity index (χ3n) is 3.34. The maximum Gasteiger partial charge on any atom is 0.203 e. The Bertz CT molecular complexity index is 584. The molecule has 0 aliphatic carbocycles. The predicted octanol–water partition coefficient (Wildman–Crippen LogP) is 2.01. The van der Waals surface area contributed by atoms with E-state index < -0.39 is 6.10 Å². The Hall–Kier alpha value is -2.21. The Morgan fingerprint density at radius 2 is 1.76 bits per heavy atom. The summed E-state index contributed by atoms with van der Waals surface area (Å²) in [6, 6.07) is 3.45. The number of hydrogen-bond acceptors (Lipinski definition) is 5. The van der Waals surface area contributed by atoms with Gasteiger partial charge in [0.1, 0.15) is 11.9 Å². The zero-order valence-electron chi connectivity index (χ0n) is 12.7. The van der Waals surface area contributed by atoms with Gasteiger partial charge in [-0.15, -0.1) is 0 Å². The van der Waals surface area contributed by atoms with E-state index in [9.17, 15) is 5.11 Å². The van der Waals surface area contributed by atoms with Crippen LogP contribution < -0.4 is 14.2 Å². The maximum absolute atomic E-state index is 10.6. The Morgan fingerprint density at radius 3 is 2.24 bits per heavy atom. The fraction of sp³-hybridized carbons (Fsp3) is 0.400. The number of nitrogens with zero attached hydrogens (tertiary/aromatic N) is 2. The molecule has 0 saturated heterocycles. The van der Waals surface area contributed by atoms with E-state index in [1.165, 1.54) is 0 Å². The molecule has 1 N–H and O–H groups in total. The lowest BCUT2D eigenvalue weighted by molar-refractivity contribution is 0.203. The van der Waals surface area contributed by atoms with Gasteiger partial charge >= 0.3 is 0 Å². The van der Waals surface area contributed by atoms with Crippen molar-refractivity contribution in [3.8, 4) is 17.2 Å². The van der Waals surface area contributed by atoms with Crippen molar-refractivity contribution in [1.82, 2.24) is 9.55 Å². The fourth-order valence-electron chi connectivity index (χ4n) is 2.24. The highest BCUT2D eigenvalue weighted by Crippen LogP contribution is 2.40. The van der Waals surface area contributed by atoms with Gasteiger partial charge in [-0.1, -0.05) is 0 Å². The van der Waals surface area contributed by atoms with E-state index in [2.05, 4.69) is 4.98 Å². The van der Waals surface area contributed by atoms with Crippen LogP contribution in [0.2, 0.25) is 0 Å². The SMILES string of the molecule is CCn1ccnc1C(O)c1cc(OC)c(OC)c(OC)c1. The second kappa shape index (κ2) is 6.49.